The van der Waals surface area contributed by atoms with Crippen LogP contribution < -0.4 is 16.4 Å². The molecule has 3 rings (SSSR count). The lowest BCUT2D eigenvalue weighted by atomic mass is 10.00. The summed E-state index contributed by atoms with van der Waals surface area (Å²) in [6, 6.07) is 9.10. The van der Waals surface area contributed by atoms with Crippen LogP contribution in [0.4, 0.5) is 10.5 Å². The lowest BCUT2D eigenvalue weighted by Crippen LogP contribution is -2.54. The van der Waals surface area contributed by atoms with E-state index in [9.17, 15) is 19.2 Å². The van der Waals surface area contributed by atoms with Crippen molar-refractivity contribution in [3.8, 4) is 12.3 Å². The topological polar surface area (TPSA) is 131 Å². The van der Waals surface area contributed by atoms with E-state index in [-0.39, 0.29) is 12.0 Å². The molecule has 1 fully saturated rings. The van der Waals surface area contributed by atoms with Gasteiger partial charge < -0.3 is 26.0 Å². The molecule has 4 unspecified atom stereocenters. The number of rotatable bonds is 9. The largest absolute Gasteiger partial charge is 0.444 e. The predicted molar refractivity (Wildman–Crippen MR) is 153 cm³/mol. The van der Waals surface area contributed by atoms with Crippen LogP contribution in [0, 0.1) is 25.2 Å². The van der Waals surface area contributed by atoms with Gasteiger partial charge in [0.2, 0.25) is 11.8 Å². The van der Waals surface area contributed by atoms with E-state index >= 15 is 0 Å². The molecule has 2 aromatic rings. The predicted octanol–water partition coefficient (Wildman–Crippen LogP) is 4.32. The van der Waals surface area contributed by atoms with Gasteiger partial charge in [0.25, 0.3) is 5.91 Å². The molecule has 0 aromatic heterocycles. The number of nitrogens with zero attached hydrogens (tertiary/aromatic N) is 1. The Bertz CT molecular complexity index is 1310. The maximum absolute atomic E-state index is 14.1. The fourth-order valence-corrected chi connectivity index (χ4v) is 4.65. The molecule has 1 saturated carbocycles. The van der Waals surface area contributed by atoms with Crippen molar-refractivity contribution in [1.29, 1.82) is 0 Å². The first-order valence-electron chi connectivity index (χ1n) is 12.9. The Morgan fingerprint density at radius 1 is 1.18 bits per heavy atom. The number of para-hydroxylation sites is 1. The highest BCUT2D eigenvalue weighted by Gasteiger charge is 2.48. The Balaban J connectivity index is 2.07. The molecule has 0 aliphatic heterocycles. The number of nitrogens with one attached hydrogen (secondary N) is 2. The number of hydrogen-bond donors (Lipinski definition) is 3. The molecule has 0 heterocycles. The molecule has 0 radical (unpaired) electrons. The maximum atomic E-state index is 14.1. The van der Waals surface area contributed by atoms with Gasteiger partial charge in [0.1, 0.15) is 17.7 Å². The average Bonchev–Trinajstić information content (AvgIpc) is 3.58. The van der Waals surface area contributed by atoms with E-state index in [1.165, 1.54) is 4.90 Å². The summed E-state index contributed by atoms with van der Waals surface area (Å²) in [5, 5.41) is 5.70. The highest BCUT2D eigenvalue weighted by atomic mass is 35.5. The lowest BCUT2D eigenvalue weighted by molar-refractivity contribution is -0.142. The number of nitrogens with two attached hydrogens (primary N) is 1. The summed E-state index contributed by atoms with van der Waals surface area (Å²) in [7, 11) is 0. The second-order valence-corrected chi connectivity index (χ2v) is 11.4. The number of terminal acetylenes is 1. The molecule has 4 amide bonds. The number of carbonyl (C=O) groups excluding carboxylic acids is 4. The number of hydrogen-bond acceptors (Lipinski definition) is 5. The number of halogens is 1. The van der Waals surface area contributed by atoms with Gasteiger partial charge in [-0.1, -0.05) is 48.7 Å². The first-order valence-corrected chi connectivity index (χ1v) is 13.3. The Kier molecular flexibility index (Phi) is 9.48. The molecule has 0 spiro atoms. The summed E-state index contributed by atoms with van der Waals surface area (Å²) < 4.78 is 5.31. The Morgan fingerprint density at radius 2 is 1.80 bits per heavy atom. The van der Waals surface area contributed by atoms with Crippen molar-refractivity contribution >= 4 is 41.1 Å². The van der Waals surface area contributed by atoms with Crippen molar-refractivity contribution in [1.82, 2.24) is 10.2 Å². The quantitative estimate of drug-likeness (QED) is 0.389. The maximum Gasteiger partial charge on any atom is 0.408 e. The van der Waals surface area contributed by atoms with Gasteiger partial charge in [-0.25, -0.2) is 4.79 Å². The first-order chi connectivity index (χ1) is 18.7. The molecule has 1 aliphatic carbocycles. The molecule has 4 N–H and O–H groups in total. The summed E-state index contributed by atoms with van der Waals surface area (Å²) >= 11 is 6.39. The summed E-state index contributed by atoms with van der Waals surface area (Å²) in [6.07, 6.45) is 4.78. The van der Waals surface area contributed by atoms with Gasteiger partial charge in [0.15, 0.2) is 0 Å². The van der Waals surface area contributed by atoms with Crippen LogP contribution in [-0.4, -0.2) is 46.4 Å². The van der Waals surface area contributed by atoms with Gasteiger partial charge in [0.05, 0.1) is 17.1 Å². The molecule has 1 aliphatic rings. The molecule has 10 heteroatoms. The zero-order chi connectivity index (χ0) is 29.8. The van der Waals surface area contributed by atoms with Crippen molar-refractivity contribution in [2.75, 3.05) is 5.32 Å². The van der Waals surface area contributed by atoms with Crippen LogP contribution >= 0.6 is 11.6 Å². The summed E-state index contributed by atoms with van der Waals surface area (Å²) in [5.41, 5.74) is 6.84. The number of carbonyl (C=O) groups is 4. The Hall–Kier alpha value is -4.03. The zero-order valence-corrected chi connectivity index (χ0v) is 24.0. The van der Waals surface area contributed by atoms with Gasteiger partial charge >= 0.3 is 6.09 Å². The van der Waals surface area contributed by atoms with Gasteiger partial charge in [-0.05, 0) is 69.4 Å². The lowest BCUT2D eigenvalue weighted by Gasteiger charge is -2.35. The van der Waals surface area contributed by atoms with E-state index in [2.05, 4.69) is 16.6 Å². The monoisotopic (exact) mass is 566 g/mol. The van der Waals surface area contributed by atoms with Crippen molar-refractivity contribution in [2.24, 2.45) is 11.7 Å². The van der Waals surface area contributed by atoms with E-state index in [4.69, 9.17) is 28.5 Å². The van der Waals surface area contributed by atoms with Crippen LogP contribution in [-0.2, 0) is 19.1 Å². The molecule has 0 bridgehead atoms. The average molecular weight is 567 g/mol. The van der Waals surface area contributed by atoms with Crippen LogP contribution in [0.5, 0.6) is 0 Å². The van der Waals surface area contributed by atoms with Crippen LogP contribution in [0.25, 0.3) is 0 Å². The summed E-state index contributed by atoms with van der Waals surface area (Å²) in [5.74, 6) is 0.646. The number of ether oxygens (including phenoxy) is 1. The third-order valence-electron chi connectivity index (χ3n) is 6.46. The Morgan fingerprint density at radius 3 is 2.30 bits per heavy atom. The highest BCUT2D eigenvalue weighted by Crippen LogP contribution is 2.41. The van der Waals surface area contributed by atoms with Crippen molar-refractivity contribution in [3.05, 3.63) is 64.2 Å². The molecule has 2 aromatic carbocycles. The molecular formula is C30H35ClN4O5. The van der Waals surface area contributed by atoms with E-state index in [0.29, 0.717) is 28.3 Å². The molecule has 212 valence electrons. The van der Waals surface area contributed by atoms with Crippen molar-refractivity contribution in [3.63, 3.8) is 0 Å². The third kappa shape index (κ3) is 7.76. The molecular weight excluding hydrogens is 532 g/mol. The molecule has 0 saturated heterocycles. The summed E-state index contributed by atoms with van der Waals surface area (Å²) in [4.78, 5) is 54.1. The van der Waals surface area contributed by atoms with Gasteiger partial charge in [-0.3, -0.25) is 14.4 Å². The standard InChI is InChI=1S/C30H35ClN4O5/c1-7-19-11-13-20(14-12-19)26(27(37)34-25-17(2)9-8-10-21(25)31)35(23-15-18(23)3)28(38)22(16-24(32)36)33-29(39)40-30(4,5)6/h1,8-14,18,22-23,26H,15-16H2,2-6H3,(H2,32,36)(H,33,39)(H,34,37). The first kappa shape index (κ1) is 30.5. The van der Waals surface area contributed by atoms with Crippen LogP contribution in [0.1, 0.15) is 63.3 Å². The zero-order valence-electron chi connectivity index (χ0n) is 23.3. The van der Waals surface area contributed by atoms with E-state index in [1.54, 1.807) is 70.2 Å². The molecule has 9 nitrogen and oxygen atoms in total. The fourth-order valence-electron chi connectivity index (χ4n) is 4.38. The van der Waals surface area contributed by atoms with Crippen LogP contribution in [0.2, 0.25) is 5.02 Å². The number of alkyl carbamates (subject to hydrolysis) is 1. The van der Waals surface area contributed by atoms with E-state index in [1.807, 2.05) is 6.92 Å². The van der Waals surface area contributed by atoms with E-state index in [0.717, 1.165) is 5.56 Å². The number of anilines is 1. The van der Waals surface area contributed by atoms with Crippen molar-refractivity contribution < 1.29 is 23.9 Å². The van der Waals surface area contributed by atoms with E-state index < -0.39 is 47.9 Å². The fraction of sp³-hybridized carbons (Fsp3) is 0.400. The van der Waals surface area contributed by atoms with Gasteiger partial charge in [-0.15, -0.1) is 6.42 Å². The second-order valence-electron chi connectivity index (χ2n) is 11.0. The SMILES string of the molecule is C#Cc1ccc(C(C(=O)Nc2c(C)cccc2Cl)N(C(=O)C(CC(N)=O)NC(=O)OC(C)(C)C)C2CC2C)cc1. The third-order valence-corrected chi connectivity index (χ3v) is 6.78. The molecule has 4 atom stereocenters. The smallest absolute Gasteiger partial charge is 0.408 e. The number of primary amides is 1. The second kappa shape index (κ2) is 12.4. The minimum atomic E-state index is -1.36. The summed E-state index contributed by atoms with van der Waals surface area (Å²) in [6.45, 7) is 8.77. The normalized spacial score (nSPS) is 17.5. The minimum absolute atomic E-state index is 0.0713. The highest BCUT2D eigenvalue weighted by molar-refractivity contribution is 6.34. The minimum Gasteiger partial charge on any atom is -0.444 e. The van der Waals surface area contributed by atoms with Gasteiger partial charge in [0, 0.05) is 11.6 Å². The number of aryl methyl sites for hydroxylation is 1. The van der Waals surface area contributed by atoms with Crippen LogP contribution in [0.3, 0.4) is 0 Å². The Labute approximate surface area is 239 Å². The molecule has 40 heavy (non-hydrogen) atoms. The van der Waals surface area contributed by atoms with Crippen LogP contribution in [0.15, 0.2) is 42.5 Å². The van der Waals surface area contributed by atoms with Gasteiger partial charge in [-0.2, -0.15) is 0 Å². The number of amides is 4. The number of benzene rings is 2. The van der Waals surface area contributed by atoms with Crippen molar-refractivity contribution in [2.45, 2.75) is 71.2 Å².